The van der Waals surface area contributed by atoms with Crippen molar-refractivity contribution in [2.75, 3.05) is 18.8 Å². The van der Waals surface area contributed by atoms with E-state index in [1.54, 1.807) is 12.4 Å². The monoisotopic (exact) mass is 353 g/mol. The number of pyridine rings is 1. The number of piperidine rings is 1. The number of nitrogens with zero attached hydrogens (tertiary/aromatic N) is 4. The lowest BCUT2D eigenvalue weighted by Gasteiger charge is -2.26. The second-order valence-electron chi connectivity index (χ2n) is 6.29. The Morgan fingerprint density at radius 1 is 1.16 bits per heavy atom. The van der Waals surface area contributed by atoms with Gasteiger partial charge in [0, 0.05) is 30.5 Å². The van der Waals surface area contributed by atoms with Crippen LogP contribution in [0, 0.1) is 6.92 Å². The Bertz CT molecular complexity index is 929. The number of nitrogens with two attached hydrogens (primary N) is 1. The number of anilines is 1. The minimum atomic E-state index is 0.000512. The number of likely N-dealkylation sites (tertiary alicyclic amines) is 1. The summed E-state index contributed by atoms with van der Waals surface area (Å²) in [7, 11) is 0. The molecule has 1 aliphatic rings. The molecule has 6 nitrogen and oxygen atoms in total. The summed E-state index contributed by atoms with van der Waals surface area (Å²) < 4.78 is 0. The maximum absolute atomic E-state index is 12.8. The van der Waals surface area contributed by atoms with Gasteiger partial charge in [-0.2, -0.15) is 0 Å². The fourth-order valence-electron chi connectivity index (χ4n) is 3.05. The number of aryl methyl sites for hydroxylation is 1. The largest absolute Gasteiger partial charge is 0.396 e. The highest BCUT2D eigenvalue weighted by atomic mass is 32.1. The number of aromatic nitrogens is 3. The van der Waals surface area contributed by atoms with E-state index in [0.717, 1.165) is 42.9 Å². The van der Waals surface area contributed by atoms with Crippen molar-refractivity contribution in [1.29, 1.82) is 0 Å². The molecule has 25 heavy (non-hydrogen) atoms. The van der Waals surface area contributed by atoms with E-state index in [2.05, 4.69) is 15.0 Å². The smallest absolute Gasteiger partial charge is 0.266 e. The fraction of sp³-hybridized carbons (Fsp3) is 0.333. The van der Waals surface area contributed by atoms with Crippen molar-refractivity contribution in [3.63, 3.8) is 0 Å². The quantitative estimate of drug-likeness (QED) is 0.764. The molecule has 3 aromatic heterocycles. The molecule has 0 saturated carbocycles. The zero-order chi connectivity index (χ0) is 17.4. The van der Waals surface area contributed by atoms with E-state index < -0.39 is 0 Å². The molecule has 128 valence electrons. The Kier molecular flexibility index (Phi) is 4.09. The number of fused-ring (bicyclic) bond motifs is 1. The van der Waals surface area contributed by atoms with Gasteiger partial charge in [-0.15, -0.1) is 11.3 Å². The standard InChI is InChI=1S/C18H19N5OS/c1-11-5-6-12(9-20-11)13-10-21-15-14(19)16(25-17(15)22-13)18(24)23-7-3-2-4-8-23/h5-6,9-10H,2-4,7-8,19H2,1H3. The Labute approximate surface area is 149 Å². The van der Waals surface area contributed by atoms with Crippen molar-refractivity contribution in [2.45, 2.75) is 26.2 Å². The minimum Gasteiger partial charge on any atom is -0.396 e. The van der Waals surface area contributed by atoms with E-state index >= 15 is 0 Å². The minimum absolute atomic E-state index is 0.000512. The fourth-order valence-corrected chi connectivity index (χ4v) is 4.06. The summed E-state index contributed by atoms with van der Waals surface area (Å²) in [6.07, 6.45) is 6.76. The van der Waals surface area contributed by atoms with E-state index in [1.165, 1.54) is 17.8 Å². The molecule has 1 fully saturated rings. The third kappa shape index (κ3) is 2.95. The molecule has 1 saturated heterocycles. The van der Waals surface area contributed by atoms with Crippen molar-refractivity contribution in [1.82, 2.24) is 19.9 Å². The van der Waals surface area contributed by atoms with Gasteiger partial charge in [-0.05, 0) is 38.3 Å². The van der Waals surface area contributed by atoms with Crippen LogP contribution in [0.5, 0.6) is 0 Å². The lowest BCUT2D eigenvalue weighted by molar-refractivity contribution is 0.0730. The zero-order valence-corrected chi connectivity index (χ0v) is 14.8. The molecule has 3 aromatic rings. The molecule has 7 heteroatoms. The maximum atomic E-state index is 12.8. The molecule has 0 aliphatic carbocycles. The number of hydrogen-bond donors (Lipinski definition) is 1. The van der Waals surface area contributed by atoms with Crippen molar-refractivity contribution < 1.29 is 4.79 Å². The van der Waals surface area contributed by atoms with Crippen molar-refractivity contribution in [3.8, 4) is 11.3 Å². The predicted molar refractivity (Wildman–Crippen MR) is 99.5 cm³/mol. The van der Waals surface area contributed by atoms with Crippen LogP contribution < -0.4 is 5.73 Å². The van der Waals surface area contributed by atoms with Crippen molar-refractivity contribution in [2.24, 2.45) is 0 Å². The second-order valence-corrected chi connectivity index (χ2v) is 7.29. The number of amides is 1. The predicted octanol–water partition coefficient (Wildman–Crippen LogP) is 3.27. The lowest BCUT2D eigenvalue weighted by atomic mass is 10.1. The van der Waals surface area contributed by atoms with Crippen LogP contribution >= 0.6 is 11.3 Å². The molecule has 0 radical (unpaired) electrons. The highest BCUT2D eigenvalue weighted by Crippen LogP contribution is 2.33. The third-order valence-electron chi connectivity index (χ3n) is 4.48. The topological polar surface area (TPSA) is 85.0 Å². The molecule has 0 unspecified atom stereocenters. The van der Waals surface area contributed by atoms with Crippen molar-refractivity contribution in [3.05, 3.63) is 35.1 Å². The molecular formula is C18H19N5OS. The van der Waals surface area contributed by atoms with E-state index in [-0.39, 0.29) is 5.91 Å². The van der Waals surface area contributed by atoms with Crippen LogP contribution in [0.4, 0.5) is 5.69 Å². The van der Waals surface area contributed by atoms with Gasteiger partial charge in [0.25, 0.3) is 5.91 Å². The van der Waals surface area contributed by atoms with Gasteiger partial charge in [0.1, 0.15) is 15.2 Å². The number of carbonyl (C=O) groups is 1. The molecular weight excluding hydrogens is 334 g/mol. The number of rotatable bonds is 2. The number of carbonyl (C=O) groups excluding carboxylic acids is 1. The van der Waals surface area contributed by atoms with Gasteiger partial charge < -0.3 is 10.6 Å². The van der Waals surface area contributed by atoms with E-state index in [1.807, 2.05) is 24.0 Å². The number of thiophene rings is 1. The molecule has 0 atom stereocenters. The third-order valence-corrected chi connectivity index (χ3v) is 5.56. The summed E-state index contributed by atoms with van der Waals surface area (Å²) >= 11 is 1.33. The van der Waals surface area contributed by atoms with Gasteiger partial charge in [0.15, 0.2) is 0 Å². The second kappa shape index (κ2) is 6.40. The molecule has 4 rings (SSSR count). The van der Waals surface area contributed by atoms with Gasteiger partial charge >= 0.3 is 0 Å². The zero-order valence-electron chi connectivity index (χ0n) is 14.0. The molecule has 4 heterocycles. The average molecular weight is 353 g/mol. The summed E-state index contributed by atoms with van der Waals surface area (Å²) in [5, 5.41) is 0. The molecule has 1 amide bonds. The van der Waals surface area contributed by atoms with Crippen LogP contribution in [0.3, 0.4) is 0 Å². The Morgan fingerprint density at radius 2 is 1.96 bits per heavy atom. The summed E-state index contributed by atoms with van der Waals surface area (Å²) in [5.74, 6) is 0.000512. The Hall–Kier alpha value is -2.54. The van der Waals surface area contributed by atoms with Gasteiger partial charge in [0.2, 0.25) is 0 Å². The molecule has 0 spiro atoms. The molecule has 0 aromatic carbocycles. The highest BCUT2D eigenvalue weighted by molar-refractivity contribution is 7.21. The summed E-state index contributed by atoms with van der Waals surface area (Å²) in [6.45, 7) is 3.54. The Morgan fingerprint density at radius 3 is 2.68 bits per heavy atom. The Balaban J connectivity index is 1.71. The average Bonchev–Trinajstić information content (AvgIpc) is 2.98. The van der Waals surface area contributed by atoms with Gasteiger partial charge in [-0.3, -0.25) is 9.78 Å². The SMILES string of the molecule is Cc1ccc(-c2cnc3c(N)c(C(=O)N4CCCCC4)sc3n2)cn1. The van der Waals surface area contributed by atoms with Crippen LogP contribution in [0.15, 0.2) is 24.5 Å². The van der Waals surface area contributed by atoms with E-state index in [9.17, 15) is 4.79 Å². The maximum Gasteiger partial charge on any atom is 0.266 e. The van der Waals surface area contributed by atoms with Crippen molar-refractivity contribution >= 4 is 33.3 Å². The van der Waals surface area contributed by atoms with Gasteiger partial charge in [0.05, 0.1) is 17.6 Å². The first-order valence-electron chi connectivity index (χ1n) is 8.41. The normalized spacial score (nSPS) is 14.8. The lowest BCUT2D eigenvalue weighted by Crippen LogP contribution is -2.35. The van der Waals surface area contributed by atoms with Gasteiger partial charge in [-0.25, -0.2) is 9.97 Å². The number of nitrogen functional groups attached to an aromatic ring is 1. The summed E-state index contributed by atoms with van der Waals surface area (Å²) in [5.41, 5.74) is 9.84. The summed E-state index contributed by atoms with van der Waals surface area (Å²) in [4.78, 5) is 29.3. The van der Waals surface area contributed by atoms with Crippen LogP contribution in [0.2, 0.25) is 0 Å². The van der Waals surface area contributed by atoms with Crippen LogP contribution in [0.1, 0.15) is 34.6 Å². The van der Waals surface area contributed by atoms with Gasteiger partial charge in [-0.1, -0.05) is 0 Å². The molecule has 2 N–H and O–H groups in total. The first-order chi connectivity index (χ1) is 12.1. The molecule has 0 bridgehead atoms. The number of hydrogen-bond acceptors (Lipinski definition) is 6. The van der Waals surface area contributed by atoms with E-state index in [0.29, 0.717) is 20.9 Å². The first-order valence-corrected chi connectivity index (χ1v) is 9.22. The highest BCUT2D eigenvalue weighted by Gasteiger charge is 2.24. The molecule has 1 aliphatic heterocycles. The summed E-state index contributed by atoms with van der Waals surface area (Å²) in [6, 6.07) is 3.91. The van der Waals surface area contributed by atoms with Crippen LogP contribution in [-0.2, 0) is 0 Å². The first kappa shape index (κ1) is 16.0. The van der Waals surface area contributed by atoms with Crippen LogP contribution in [0.25, 0.3) is 21.6 Å². The van der Waals surface area contributed by atoms with Crippen LogP contribution in [-0.4, -0.2) is 38.8 Å². The van der Waals surface area contributed by atoms with E-state index in [4.69, 9.17) is 5.73 Å².